The molecule has 0 spiro atoms. The van der Waals surface area contributed by atoms with Gasteiger partial charge in [-0.1, -0.05) is 39.0 Å². The Bertz CT molecular complexity index is 676. The number of carbonyl (C=O) groups is 1. The van der Waals surface area contributed by atoms with Crippen LogP contribution in [0.4, 0.5) is 11.5 Å². The molecule has 0 atom stereocenters. The van der Waals surface area contributed by atoms with Crippen LogP contribution in [0.25, 0.3) is 0 Å². The second-order valence-corrected chi connectivity index (χ2v) is 6.60. The fraction of sp³-hybridized carbons (Fsp3) is 0.368. The van der Waals surface area contributed by atoms with Crippen molar-refractivity contribution >= 4 is 17.4 Å². The van der Waals surface area contributed by atoms with E-state index in [-0.39, 0.29) is 11.3 Å². The van der Waals surface area contributed by atoms with Gasteiger partial charge in [0.1, 0.15) is 5.82 Å². The van der Waals surface area contributed by atoms with Gasteiger partial charge >= 0.3 is 0 Å². The molecule has 5 nitrogen and oxygen atoms in total. The van der Waals surface area contributed by atoms with Crippen LogP contribution in [0.5, 0.6) is 0 Å². The van der Waals surface area contributed by atoms with Gasteiger partial charge in [-0.15, -0.1) is 0 Å². The highest BCUT2D eigenvalue weighted by atomic mass is 16.5. The van der Waals surface area contributed by atoms with Gasteiger partial charge in [0.05, 0.1) is 12.2 Å². The summed E-state index contributed by atoms with van der Waals surface area (Å²) in [5.74, 6) is 0.557. The van der Waals surface area contributed by atoms with Crippen LogP contribution < -0.4 is 10.6 Å². The molecule has 0 aliphatic heterocycles. The summed E-state index contributed by atoms with van der Waals surface area (Å²) in [6.45, 7) is 7.49. The molecule has 5 heteroatoms. The van der Waals surface area contributed by atoms with Crippen molar-refractivity contribution in [1.29, 1.82) is 0 Å². The topological polar surface area (TPSA) is 63.2 Å². The van der Waals surface area contributed by atoms with Crippen molar-refractivity contribution in [3.05, 3.63) is 53.7 Å². The number of para-hydroxylation sites is 1. The van der Waals surface area contributed by atoms with E-state index in [4.69, 9.17) is 4.74 Å². The molecule has 0 bridgehead atoms. The Labute approximate surface area is 143 Å². The molecule has 0 radical (unpaired) electrons. The lowest BCUT2D eigenvalue weighted by Crippen LogP contribution is -2.27. The number of hydrogen-bond donors (Lipinski definition) is 2. The van der Waals surface area contributed by atoms with Crippen LogP contribution >= 0.6 is 0 Å². The Morgan fingerprint density at radius 1 is 1.17 bits per heavy atom. The van der Waals surface area contributed by atoms with E-state index in [1.165, 1.54) is 5.56 Å². The van der Waals surface area contributed by atoms with Gasteiger partial charge in [-0.2, -0.15) is 0 Å². The molecule has 128 valence electrons. The number of carbonyl (C=O) groups excluding carboxylic acids is 1. The number of ether oxygens (including phenoxy) is 1. The zero-order valence-electron chi connectivity index (χ0n) is 14.7. The zero-order valence-corrected chi connectivity index (χ0v) is 14.7. The fourth-order valence-electron chi connectivity index (χ4n) is 2.35. The molecule has 1 amide bonds. The van der Waals surface area contributed by atoms with Crippen molar-refractivity contribution in [2.45, 2.75) is 26.2 Å². The predicted molar refractivity (Wildman–Crippen MR) is 96.9 cm³/mol. The summed E-state index contributed by atoms with van der Waals surface area (Å²) in [5, 5.41) is 6.11. The summed E-state index contributed by atoms with van der Waals surface area (Å²) in [6.07, 6.45) is 1.57. The van der Waals surface area contributed by atoms with Gasteiger partial charge in [-0.05, 0) is 29.2 Å². The van der Waals surface area contributed by atoms with Gasteiger partial charge in [0.25, 0.3) is 5.91 Å². The van der Waals surface area contributed by atoms with Crippen molar-refractivity contribution in [3.63, 3.8) is 0 Å². The van der Waals surface area contributed by atoms with Crippen LogP contribution in [0.1, 0.15) is 36.7 Å². The molecule has 1 aromatic carbocycles. The van der Waals surface area contributed by atoms with E-state index in [1.54, 1.807) is 19.4 Å². The molecule has 2 aromatic rings. The summed E-state index contributed by atoms with van der Waals surface area (Å²) in [7, 11) is 1.60. The molecule has 0 saturated heterocycles. The van der Waals surface area contributed by atoms with Gasteiger partial charge in [0.15, 0.2) is 0 Å². The molecule has 0 fully saturated rings. The van der Waals surface area contributed by atoms with Crippen LogP contribution in [-0.4, -0.2) is 31.2 Å². The van der Waals surface area contributed by atoms with E-state index in [0.29, 0.717) is 24.5 Å². The summed E-state index contributed by atoms with van der Waals surface area (Å²) >= 11 is 0. The third-order valence-electron chi connectivity index (χ3n) is 3.62. The Hall–Kier alpha value is -2.40. The van der Waals surface area contributed by atoms with Crippen LogP contribution in [0.15, 0.2) is 42.6 Å². The molecule has 0 saturated carbocycles. The van der Waals surface area contributed by atoms with E-state index >= 15 is 0 Å². The first kappa shape index (κ1) is 17.9. The summed E-state index contributed by atoms with van der Waals surface area (Å²) in [5.41, 5.74) is 2.80. The van der Waals surface area contributed by atoms with Crippen LogP contribution in [0, 0.1) is 0 Å². The van der Waals surface area contributed by atoms with Gasteiger partial charge in [0.2, 0.25) is 0 Å². The Kier molecular flexibility index (Phi) is 5.93. The van der Waals surface area contributed by atoms with E-state index in [2.05, 4.69) is 42.5 Å². The molecule has 0 aliphatic carbocycles. The molecule has 1 aromatic heterocycles. The summed E-state index contributed by atoms with van der Waals surface area (Å²) < 4.78 is 4.91. The van der Waals surface area contributed by atoms with E-state index < -0.39 is 0 Å². The van der Waals surface area contributed by atoms with Crippen molar-refractivity contribution in [1.82, 2.24) is 10.3 Å². The van der Waals surface area contributed by atoms with Crippen molar-refractivity contribution in [3.8, 4) is 0 Å². The number of rotatable bonds is 6. The number of hydrogen-bond acceptors (Lipinski definition) is 4. The molecule has 0 aliphatic rings. The third kappa shape index (κ3) is 4.80. The van der Waals surface area contributed by atoms with Gasteiger partial charge in [-0.3, -0.25) is 4.79 Å². The molecule has 0 unspecified atom stereocenters. The lowest BCUT2D eigenvalue weighted by molar-refractivity contribution is 0.0937. The zero-order chi connectivity index (χ0) is 17.6. The minimum absolute atomic E-state index is 0.0325. The minimum Gasteiger partial charge on any atom is -0.383 e. The van der Waals surface area contributed by atoms with E-state index in [1.807, 2.05) is 24.3 Å². The number of nitrogens with one attached hydrogen (secondary N) is 2. The third-order valence-corrected chi connectivity index (χ3v) is 3.62. The Morgan fingerprint density at radius 3 is 2.54 bits per heavy atom. The first-order valence-electron chi connectivity index (χ1n) is 8.01. The second-order valence-electron chi connectivity index (χ2n) is 6.60. The standard InChI is InChI=1S/C19H25N3O2/c1-19(2,3)15-7-5-6-8-16(15)22-17-10-9-14(13-21-17)18(23)20-11-12-24-4/h5-10,13H,11-12H2,1-4H3,(H,20,23)(H,21,22). The molecule has 1 heterocycles. The van der Waals surface area contributed by atoms with Crippen LogP contribution in [-0.2, 0) is 10.2 Å². The fourth-order valence-corrected chi connectivity index (χ4v) is 2.35. The van der Waals surface area contributed by atoms with Crippen molar-refractivity contribution in [2.75, 3.05) is 25.6 Å². The quantitative estimate of drug-likeness (QED) is 0.797. The highest BCUT2D eigenvalue weighted by Crippen LogP contribution is 2.30. The number of benzene rings is 1. The molecule has 2 rings (SSSR count). The van der Waals surface area contributed by atoms with Gasteiger partial charge < -0.3 is 15.4 Å². The summed E-state index contributed by atoms with van der Waals surface area (Å²) in [6, 6.07) is 11.7. The average Bonchev–Trinajstić information content (AvgIpc) is 2.55. The Balaban J connectivity index is 2.09. The molecular weight excluding hydrogens is 302 g/mol. The maximum atomic E-state index is 11.9. The predicted octanol–water partition coefficient (Wildman–Crippen LogP) is 3.50. The lowest BCUT2D eigenvalue weighted by Gasteiger charge is -2.23. The maximum Gasteiger partial charge on any atom is 0.252 e. The first-order chi connectivity index (χ1) is 11.4. The minimum atomic E-state index is -0.152. The largest absolute Gasteiger partial charge is 0.383 e. The normalized spacial score (nSPS) is 11.2. The van der Waals surface area contributed by atoms with E-state index in [0.717, 1.165) is 5.69 Å². The van der Waals surface area contributed by atoms with Gasteiger partial charge in [0, 0.05) is 25.5 Å². The maximum absolute atomic E-state index is 11.9. The van der Waals surface area contributed by atoms with Crippen LogP contribution in [0.3, 0.4) is 0 Å². The number of amides is 1. The molecule has 24 heavy (non-hydrogen) atoms. The van der Waals surface area contributed by atoms with Crippen molar-refractivity contribution in [2.24, 2.45) is 0 Å². The number of pyridine rings is 1. The Morgan fingerprint density at radius 2 is 1.92 bits per heavy atom. The number of nitrogens with zero attached hydrogens (tertiary/aromatic N) is 1. The lowest BCUT2D eigenvalue weighted by atomic mass is 9.86. The van der Waals surface area contributed by atoms with Crippen molar-refractivity contribution < 1.29 is 9.53 Å². The SMILES string of the molecule is COCCNC(=O)c1ccc(Nc2ccccc2C(C)(C)C)nc1. The average molecular weight is 327 g/mol. The van der Waals surface area contributed by atoms with Gasteiger partial charge in [-0.25, -0.2) is 4.98 Å². The monoisotopic (exact) mass is 327 g/mol. The smallest absolute Gasteiger partial charge is 0.252 e. The highest BCUT2D eigenvalue weighted by molar-refractivity contribution is 5.94. The van der Waals surface area contributed by atoms with Crippen LogP contribution in [0.2, 0.25) is 0 Å². The summed E-state index contributed by atoms with van der Waals surface area (Å²) in [4.78, 5) is 16.3. The molecular formula is C19H25N3O2. The van der Waals surface area contributed by atoms with E-state index in [9.17, 15) is 4.79 Å². The number of aromatic nitrogens is 1. The second kappa shape index (κ2) is 7.93. The first-order valence-corrected chi connectivity index (χ1v) is 8.01. The number of anilines is 2. The molecule has 2 N–H and O–H groups in total. The highest BCUT2D eigenvalue weighted by Gasteiger charge is 2.17. The number of methoxy groups -OCH3 is 1.